The van der Waals surface area contributed by atoms with E-state index in [1.54, 1.807) is 17.9 Å². The number of amides is 1. The number of hydrogen-bond donors (Lipinski definition) is 2. The highest BCUT2D eigenvalue weighted by atomic mass is 16.3. The standard InChI is InChI=1S/C17H19NO3/c1-17(21)8-10-18(11-9-17)16(20)14-7-6-12-4-2-3-5-13(12)15(14)19/h2-7,19,21H,8-11H2,1H3. The Kier molecular flexibility index (Phi) is 3.33. The maximum Gasteiger partial charge on any atom is 0.257 e. The molecule has 1 aliphatic rings. The van der Waals surface area contributed by atoms with Crippen LogP contribution < -0.4 is 0 Å². The molecule has 2 aromatic rings. The summed E-state index contributed by atoms with van der Waals surface area (Å²) in [5.74, 6) is -0.135. The fraction of sp³-hybridized carbons (Fsp3) is 0.353. The van der Waals surface area contributed by atoms with Gasteiger partial charge in [-0.1, -0.05) is 30.3 Å². The van der Waals surface area contributed by atoms with Crippen LogP contribution in [0.3, 0.4) is 0 Å². The van der Waals surface area contributed by atoms with Gasteiger partial charge in [-0.3, -0.25) is 4.79 Å². The van der Waals surface area contributed by atoms with Crippen molar-refractivity contribution < 1.29 is 15.0 Å². The Morgan fingerprint density at radius 3 is 2.52 bits per heavy atom. The first-order valence-corrected chi connectivity index (χ1v) is 7.20. The predicted octanol–water partition coefficient (Wildman–Crippen LogP) is 2.53. The van der Waals surface area contributed by atoms with Crippen molar-refractivity contribution in [1.29, 1.82) is 0 Å². The summed E-state index contributed by atoms with van der Waals surface area (Å²) < 4.78 is 0. The van der Waals surface area contributed by atoms with E-state index >= 15 is 0 Å². The Balaban J connectivity index is 1.90. The average molecular weight is 285 g/mol. The molecular weight excluding hydrogens is 266 g/mol. The van der Waals surface area contributed by atoms with Crippen LogP contribution >= 0.6 is 0 Å². The summed E-state index contributed by atoms with van der Waals surface area (Å²) in [5.41, 5.74) is -0.363. The first-order valence-electron chi connectivity index (χ1n) is 7.20. The summed E-state index contributed by atoms with van der Waals surface area (Å²) in [4.78, 5) is 14.3. The van der Waals surface area contributed by atoms with Gasteiger partial charge in [0.25, 0.3) is 5.91 Å². The van der Waals surface area contributed by atoms with Gasteiger partial charge < -0.3 is 15.1 Å². The lowest BCUT2D eigenvalue weighted by Gasteiger charge is -2.35. The molecule has 1 saturated heterocycles. The van der Waals surface area contributed by atoms with E-state index in [9.17, 15) is 15.0 Å². The van der Waals surface area contributed by atoms with E-state index in [-0.39, 0.29) is 11.7 Å². The Morgan fingerprint density at radius 2 is 1.81 bits per heavy atom. The van der Waals surface area contributed by atoms with Gasteiger partial charge in [-0.2, -0.15) is 0 Å². The minimum absolute atomic E-state index is 0.0374. The quantitative estimate of drug-likeness (QED) is 0.846. The zero-order chi connectivity index (χ0) is 15.0. The first kappa shape index (κ1) is 13.9. The third-order valence-electron chi connectivity index (χ3n) is 4.26. The molecule has 1 fully saturated rings. The zero-order valence-corrected chi connectivity index (χ0v) is 12.0. The van der Waals surface area contributed by atoms with Crippen LogP contribution in [0.5, 0.6) is 5.75 Å². The summed E-state index contributed by atoms with van der Waals surface area (Å²) in [6, 6.07) is 11.0. The largest absolute Gasteiger partial charge is 0.506 e. The molecule has 0 radical (unpaired) electrons. The van der Waals surface area contributed by atoms with Crippen molar-refractivity contribution in [3.8, 4) is 5.75 Å². The smallest absolute Gasteiger partial charge is 0.257 e. The van der Waals surface area contributed by atoms with Crippen LogP contribution in [0.15, 0.2) is 36.4 Å². The highest BCUT2D eigenvalue weighted by Crippen LogP contribution is 2.30. The number of carbonyl (C=O) groups excluding carboxylic acids is 1. The third-order valence-corrected chi connectivity index (χ3v) is 4.26. The summed E-state index contributed by atoms with van der Waals surface area (Å²) in [6.45, 7) is 2.82. The first-order chi connectivity index (χ1) is 9.98. The van der Waals surface area contributed by atoms with Gasteiger partial charge in [0.1, 0.15) is 5.75 Å². The Hall–Kier alpha value is -2.07. The fourth-order valence-electron chi connectivity index (χ4n) is 2.79. The molecule has 0 bridgehead atoms. The second-order valence-electron chi connectivity index (χ2n) is 5.97. The van der Waals surface area contributed by atoms with Gasteiger partial charge in [0.2, 0.25) is 0 Å². The molecule has 4 heteroatoms. The maximum atomic E-state index is 12.6. The van der Waals surface area contributed by atoms with E-state index in [4.69, 9.17) is 0 Å². The number of carbonyl (C=O) groups is 1. The van der Waals surface area contributed by atoms with Gasteiger partial charge >= 0.3 is 0 Å². The highest BCUT2D eigenvalue weighted by molar-refractivity contribution is 6.03. The number of benzene rings is 2. The van der Waals surface area contributed by atoms with Crippen LogP contribution in [0, 0.1) is 0 Å². The van der Waals surface area contributed by atoms with Crippen LogP contribution in [-0.4, -0.2) is 39.7 Å². The summed E-state index contributed by atoms with van der Waals surface area (Å²) >= 11 is 0. The van der Waals surface area contributed by atoms with Gasteiger partial charge in [0.15, 0.2) is 0 Å². The van der Waals surface area contributed by atoms with E-state index in [2.05, 4.69) is 0 Å². The van der Waals surface area contributed by atoms with Gasteiger partial charge in [0.05, 0.1) is 11.2 Å². The molecule has 0 aliphatic carbocycles. The van der Waals surface area contributed by atoms with Crippen molar-refractivity contribution >= 4 is 16.7 Å². The van der Waals surface area contributed by atoms with Crippen molar-refractivity contribution in [2.45, 2.75) is 25.4 Å². The normalized spacial score (nSPS) is 17.9. The SMILES string of the molecule is CC1(O)CCN(C(=O)c2ccc3ccccc3c2O)CC1. The van der Waals surface area contributed by atoms with E-state index in [0.717, 1.165) is 5.39 Å². The molecule has 4 nitrogen and oxygen atoms in total. The third kappa shape index (κ3) is 2.59. The van der Waals surface area contributed by atoms with Crippen molar-refractivity contribution in [2.24, 2.45) is 0 Å². The van der Waals surface area contributed by atoms with Crippen molar-refractivity contribution in [2.75, 3.05) is 13.1 Å². The van der Waals surface area contributed by atoms with Crippen LogP contribution in [0.1, 0.15) is 30.1 Å². The number of aromatic hydroxyl groups is 1. The van der Waals surface area contributed by atoms with Crippen LogP contribution in [0.25, 0.3) is 10.8 Å². The number of hydrogen-bond acceptors (Lipinski definition) is 3. The molecule has 1 aliphatic heterocycles. The predicted molar refractivity (Wildman–Crippen MR) is 81.4 cm³/mol. The molecule has 0 spiro atoms. The number of phenolic OH excluding ortho intramolecular Hbond substituents is 1. The molecule has 1 heterocycles. The summed E-state index contributed by atoms with van der Waals surface area (Å²) in [7, 11) is 0. The van der Waals surface area contributed by atoms with Gasteiger partial charge in [-0.15, -0.1) is 0 Å². The number of fused-ring (bicyclic) bond motifs is 1. The lowest BCUT2D eigenvalue weighted by Crippen LogP contribution is -2.45. The fourth-order valence-corrected chi connectivity index (χ4v) is 2.79. The van der Waals surface area contributed by atoms with Crippen molar-refractivity contribution in [1.82, 2.24) is 4.90 Å². The van der Waals surface area contributed by atoms with Gasteiger partial charge in [-0.05, 0) is 31.2 Å². The molecule has 0 atom stereocenters. The lowest BCUT2D eigenvalue weighted by molar-refractivity contribution is -0.00207. The van der Waals surface area contributed by atoms with Gasteiger partial charge in [0, 0.05) is 18.5 Å². The highest BCUT2D eigenvalue weighted by Gasteiger charge is 2.30. The molecule has 2 aromatic carbocycles. The molecule has 21 heavy (non-hydrogen) atoms. The van der Waals surface area contributed by atoms with Gasteiger partial charge in [-0.25, -0.2) is 0 Å². The molecular formula is C17H19NO3. The molecule has 0 saturated carbocycles. The van der Waals surface area contributed by atoms with Crippen molar-refractivity contribution in [3.63, 3.8) is 0 Å². The van der Waals surface area contributed by atoms with E-state index in [0.29, 0.717) is 36.9 Å². The Morgan fingerprint density at radius 1 is 1.14 bits per heavy atom. The molecule has 110 valence electrons. The molecule has 0 unspecified atom stereocenters. The zero-order valence-electron chi connectivity index (χ0n) is 12.0. The van der Waals surface area contributed by atoms with E-state index in [1.165, 1.54) is 0 Å². The van der Waals surface area contributed by atoms with E-state index in [1.807, 2.05) is 30.3 Å². The minimum Gasteiger partial charge on any atom is -0.506 e. The number of nitrogens with zero attached hydrogens (tertiary/aromatic N) is 1. The van der Waals surface area contributed by atoms with Crippen LogP contribution in [0.4, 0.5) is 0 Å². The number of aliphatic hydroxyl groups is 1. The second-order valence-corrected chi connectivity index (χ2v) is 5.97. The molecule has 3 rings (SSSR count). The second kappa shape index (κ2) is 5.04. The maximum absolute atomic E-state index is 12.6. The number of rotatable bonds is 1. The van der Waals surface area contributed by atoms with Crippen LogP contribution in [-0.2, 0) is 0 Å². The summed E-state index contributed by atoms with van der Waals surface area (Å²) in [5, 5.41) is 21.9. The summed E-state index contributed by atoms with van der Waals surface area (Å²) in [6.07, 6.45) is 1.13. The molecule has 1 amide bonds. The lowest BCUT2D eigenvalue weighted by atomic mass is 9.93. The number of piperidine rings is 1. The molecule has 0 aromatic heterocycles. The van der Waals surface area contributed by atoms with E-state index < -0.39 is 5.60 Å². The van der Waals surface area contributed by atoms with Crippen LogP contribution in [0.2, 0.25) is 0 Å². The molecule has 2 N–H and O–H groups in total. The Labute approximate surface area is 123 Å². The number of likely N-dealkylation sites (tertiary alicyclic amines) is 1. The minimum atomic E-state index is -0.692. The number of phenols is 1. The average Bonchev–Trinajstić information content (AvgIpc) is 2.47. The topological polar surface area (TPSA) is 60.8 Å². The Bertz CT molecular complexity index is 683. The van der Waals surface area contributed by atoms with Crippen molar-refractivity contribution in [3.05, 3.63) is 42.0 Å². The monoisotopic (exact) mass is 285 g/mol.